The van der Waals surface area contributed by atoms with Crippen LogP contribution in [0.2, 0.25) is 0 Å². The molecule has 0 fully saturated rings. The van der Waals surface area contributed by atoms with Gasteiger partial charge >= 0.3 is 0 Å². The molecule has 1 N–H and O–H groups in total. The van der Waals surface area contributed by atoms with Crippen molar-refractivity contribution in [1.82, 2.24) is 0 Å². The highest BCUT2D eigenvalue weighted by atomic mass is 16.6. The Morgan fingerprint density at radius 3 is 2.89 bits per heavy atom. The molecule has 6 nitrogen and oxygen atoms in total. The molecule has 0 unspecified atom stereocenters. The number of nitrogens with zero attached hydrogens (tertiary/aromatic N) is 1. The summed E-state index contributed by atoms with van der Waals surface area (Å²) >= 11 is 0. The molecular formula is C12H12N2O4. The maximum atomic E-state index is 10.6. The summed E-state index contributed by atoms with van der Waals surface area (Å²) in [7, 11) is 1.47. The van der Waals surface area contributed by atoms with Gasteiger partial charge in [0.1, 0.15) is 5.75 Å². The van der Waals surface area contributed by atoms with Gasteiger partial charge in [0.25, 0.3) is 5.69 Å². The average Bonchev–Trinajstić information content (AvgIpc) is 2.89. The van der Waals surface area contributed by atoms with Gasteiger partial charge in [-0.3, -0.25) is 10.1 Å². The average molecular weight is 248 g/mol. The smallest absolute Gasteiger partial charge is 0.273 e. The second kappa shape index (κ2) is 5.22. The maximum Gasteiger partial charge on any atom is 0.273 e. The number of hydrogen-bond acceptors (Lipinski definition) is 5. The number of ether oxygens (including phenoxy) is 1. The van der Waals surface area contributed by atoms with E-state index in [0.717, 1.165) is 5.56 Å². The van der Waals surface area contributed by atoms with Gasteiger partial charge in [-0.15, -0.1) is 0 Å². The molecule has 2 rings (SSSR count). The van der Waals surface area contributed by atoms with E-state index in [0.29, 0.717) is 18.0 Å². The van der Waals surface area contributed by atoms with Crippen LogP contribution in [0.4, 0.5) is 11.4 Å². The molecule has 0 saturated carbocycles. The van der Waals surface area contributed by atoms with E-state index in [-0.39, 0.29) is 5.69 Å². The largest absolute Gasteiger partial charge is 0.494 e. The zero-order valence-electron chi connectivity index (χ0n) is 9.75. The van der Waals surface area contributed by atoms with E-state index in [1.807, 2.05) is 6.07 Å². The summed E-state index contributed by atoms with van der Waals surface area (Å²) in [6, 6.07) is 6.28. The number of furan rings is 1. The molecule has 0 spiro atoms. The maximum absolute atomic E-state index is 10.6. The molecule has 0 aliphatic carbocycles. The van der Waals surface area contributed by atoms with E-state index in [2.05, 4.69) is 5.32 Å². The summed E-state index contributed by atoms with van der Waals surface area (Å²) in [5, 5.41) is 13.8. The number of non-ortho nitro benzene ring substituents is 1. The number of benzene rings is 1. The van der Waals surface area contributed by atoms with E-state index >= 15 is 0 Å². The highest BCUT2D eigenvalue weighted by Crippen LogP contribution is 2.29. The number of hydrogen-bond donors (Lipinski definition) is 1. The monoisotopic (exact) mass is 248 g/mol. The third kappa shape index (κ3) is 2.60. The molecule has 1 aromatic carbocycles. The lowest BCUT2D eigenvalue weighted by Gasteiger charge is -2.09. The Kier molecular flexibility index (Phi) is 3.47. The van der Waals surface area contributed by atoms with Crippen molar-refractivity contribution in [3.63, 3.8) is 0 Å². The van der Waals surface area contributed by atoms with E-state index in [1.165, 1.54) is 19.2 Å². The molecule has 18 heavy (non-hydrogen) atoms. The molecule has 0 radical (unpaired) electrons. The van der Waals surface area contributed by atoms with Gasteiger partial charge < -0.3 is 14.5 Å². The molecule has 0 amide bonds. The predicted molar refractivity (Wildman–Crippen MR) is 65.7 cm³/mol. The van der Waals surface area contributed by atoms with Gasteiger partial charge in [0.15, 0.2) is 0 Å². The van der Waals surface area contributed by atoms with Crippen LogP contribution < -0.4 is 10.1 Å². The quantitative estimate of drug-likeness (QED) is 0.650. The molecule has 6 heteroatoms. The Bertz CT molecular complexity index is 537. The van der Waals surface area contributed by atoms with Crippen LogP contribution in [-0.4, -0.2) is 12.0 Å². The Morgan fingerprint density at radius 2 is 2.28 bits per heavy atom. The number of nitro groups is 1. The fourth-order valence-corrected chi connectivity index (χ4v) is 1.53. The van der Waals surface area contributed by atoms with Gasteiger partial charge in [0.2, 0.25) is 0 Å². The Hall–Kier alpha value is -2.50. The third-order valence-electron chi connectivity index (χ3n) is 2.46. The third-order valence-corrected chi connectivity index (χ3v) is 2.46. The molecule has 0 atom stereocenters. The predicted octanol–water partition coefficient (Wildman–Crippen LogP) is 2.81. The van der Waals surface area contributed by atoms with Crippen molar-refractivity contribution < 1.29 is 14.1 Å². The minimum absolute atomic E-state index is 0.000658. The van der Waals surface area contributed by atoms with Crippen molar-refractivity contribution in [1.29, 1.82) is 0 Å². The van der Waals surface area contributed by atoms with Crippen LogP contribution >= 0.6 is 0 Å². The number of nitrogens with one attached hydrogen (secondary N) is 1. The minimum Gasteiger partial charge on any atom is -0.494 e. The number of rotatable bonds is 5. The first-order valence-corrected chi connectivity index (χ1v) is 5.28. The second-order valence-corrected chi connectivity index (χ2v) is 3.63. The van der Waals surface area contributed by atoms with Crippen LogP contribution in [0.1, 0.15) is 5.56 Å². The summed E-state index contributed by atoms with van der Waals surface area (Å²) in [5.41, 5.74) is 1.68. The molecular weight excluding hydrogens is 236 g/mol. The minimum atomic E-state index is -0.456. The highest BCUT2D eigenvalue weighted by molar-refractivity contribution is 5.60. The van der Waals surface area contributed by atoms with E-state index in [4.69, 9.17) is 9.15 Å². The Labute approximate surface area is 103 Å². The van der Waals surface area contributed by atoms with Crippen molar-refractivity contribution in [3.05, 3.63) is 52.5 Å². The molecule has 0 aliphatic rings. The first kappa shape index (κ1) is 12.0. The van der Waals surface area contributed by atoms with Gasteiger partial charge in [0.05, 0.1) is 36.3 Å². The lowest BCUT2D eigenvalue weighted by Crippen LogP contribution is -2.01. The molecule has 0 bridgehead atoms. The first-order chi connectivity index (χ1) is 8.70. The van der Waals surface area contributed by atoms with Crippen LogP contribution in [0.25, 0.3) is 0 Å². The molecule has 0 aliphatic heterocycles. The molecule has 94 valence electrons. The van der Waals surface area contributed by atoms with Crippen LogP contribution in [0, 0.1) is 10.1 Å². The molecule has 1 heterocycles. The van der Waals surface area contributed by atoms with Crippen LogP contribution in [0.3, 0.4) is 0 Å². The van der Waals surface area contributed by atoms with E-state index < -0.39 is 4.92 Å². The van der Waals surface area contributed by atoms with Gasteiger partial charge in [0, 0.05) is 18.2 Å². The number of methoxy groups -OCH3 is 1. The van der Waals surface area contributed by atoms with Crippen molar-refractivity contribution in [2.75, 3.05) is 12.4 Å². The van der Waals surface area contributed by atoms with E-state index in [1.54, 1.807) is 18.6 Å². The van der Waals surface area contributed by atoms with Crippen molar-refractivity contribution in [2.45, 2.75) is 6.54 Å². The Balaban J connectivity index is 2.14. The van der Waals surface area contributed by atoms with E-state index in [9.17, 15) is 10.1 Å². The normalized spacial score (nSPS) is 10.1. The van der Waals surface area contributed by atoms with Gasteiger partial charge in [-0.25, -0.2) is 0 Å². The number of nitro benzene ring substituents is 1. The van der Waals surface area contributed by atoms with Gasteiger partial charge in [-0.2, -0.15) is 0 Å². The SMILES string of the molecule is COc1cc([N+](=O)[O-])ccc1NCc1ccoc1. The van der Waals surface area contributed by atoms with Crippen LogP contribution in [0.15, 0.2) is 41.2 Å². The lowest BCUT2D eigenvalue weighted by atomic mass is 10.2. The van der Waals surface area contributed by atoms with Crippen molar-refractivity contribution in [3.8, 4) is 5.75 Å². The van der Waals surface area contributed by atoms with Crippen LogP contribution in [-0.2, 0) is 6.54 Å². The lowest BCUT2D eigenvalue weighted by molar-refractivity contribution is -0.384. The van der Waals surface area contributed by atoms with Crippen molar-refractivity contribution >= 4 is 11.4 Å². The molecule has 0 saturated heterocycles. The second-order valence-electron chi connectivity index (χ2n) is 3.63. The van der Waals surface area contributed by atoms with Crippen LogP contribution in [0.5, 0.6) is 5.75 Å². The summed E-state index contributed by atoms with van der Waals surface area (Å²) in [5.74, 6) is 0.438. The Morgan fingerprint density at radius 1 is 1.44 bits per heavy atom. The summed E-state index contributed by atoms with van der Waals surface area (Å²) in [6.07, 6.45) is 3.22. The highest BCUT2D eigenvalue weighted by Gasteiger charge is 2.11. The summed E-state index contributed by atoms with van der Waals surface area (Å²) in [4.78, 5) is 10.2. The summed E-state index contributed by atoms with van der Waals surface area (Å²) < 4.78 is 10.1. The fraction of sp³-hybridized carbons (Fsp3) is 0.167. The number of anilines is 1. The fourth-order valence-electron chi connectivity index (χ4n) is 1.53. The zero-order chi connectivity index (χ0) is 13.0. The summed E-state index contributed by atoms with van der Waals surface area (Å²) in [6.45, 7) is 0.560. The zero-order valence-corrected chi connectivity index (χ0v) is 9.75. The standard InChI is InChI=1S/C12H12N2O4/c1-17-12-6-10(14(15)16)2-3-11(12)13-7-9-4-5-18-8-9/h2-6,8,13H,7H2,1H3. The van der Waals surface area contributed by atoms with Gasteiger partial charge in [-0.1, -0.05) is 0 Å². The van der Waals surface area contributed by atoms with Crippen molar-refractivity contribution in [2.24, 2.45) is 0 Å². The molecule has 1 aromatic heterocycles. The first-order valence-electron chi connectivity index (χ1n) is 5.28. The molecule has 2 aromatic rings. The topological polar surface area (TPSA) is 77.5 Å². The van der Waals surface area contributed by atoms with Gasteiger partial charge in [-0.05, 0) is 12.1 Å².